The first-order valence-corrected chi connectivity index (χ1v) is 6.35. The summed E-state index contributed by atoms with van der Waals surface area (Å²) in [5, 5.41) is 17.7. The lowest BCUT2D eigenvalue weighted by Crippen LogP contribution is -2.14. The molecular weight excluding hydrogens is 258 g/mol. The van der Waals surface area contributed by atoms with Gasteiger partial charge >= 0.3 is 5.97 Å². The van der Waals surface area contributed by atoms with Crippen LogP contribution in [0.2, 0.25) is 0 Å². The lowest BCUT2D eigenvalue weighted by Gasteiger charge is -2.16. The van der Waals surface area contributed by atoms with Crippen LogP contribution >= 0.6 is 0 Å². The Labute approximate surface area is 118 Å². The van der Waals surface area contributed by atoms with E-state index in [9.17, 15) is 4.79 Å². The Bertz CT molecular complexity index is 531. The van der Waals surface area contributed by atoms with Gasteiger partial charge in [0, 0.05) is 11.6 Å². The molecule has 1 N–H and O–H groups in total. The number of para-hydroxylation sites is 1. The fraction of sp³-hybridized carbons (Fsp3) is 0.333. The predicted octanol–water partition coefficient (Wildman–Crippen LogP) is 2.86. The van der Waals surface area contributed by atoms with Crippen molar-refractivity contribution in [2.24, 2.45) is 0 Å². The van der Waals surface area contributed by atoms with Crippen LogP contribution in [-0.4, -0.2) is 23.8 Å². The smallest absolute Gasteiger partial charge is 0.328 e. The van der Waals surface area contributed by atoms with E-state index in [2.05, 4.69) is 0 Å². The van der Waals surface area contributed by atoms with Gasteiger partial charge < -0.3 is 14.6 Å². The number of hydrogen-bond donors (Lipinski definition) is 1. The summed E-state index contributed by atoms with van der Waals surface area (Å²) in [6, 6.07) is 7.22. The van der Waals surface area contributed by atoms with Crippen LogP contribution < -0.4 is 9.47 Å². The maximum absolute atomic E-state index is 10.6. The molecule has 0 saturated heterocycles. The number of nitriles is 1. The Morgan fingerprint density at radius 2 is 2.25 bits per heavy atom. The van der Waals surface area contributed by atoms with E-state index in [1.54, 1.807) is 18.2 Å². The Morgan fingerprint density at radius 1 is 1.50 bits per heavy atom. The molecule has 0 spiro atoms. The van der Waals surface area contributed by atoms with Crippen molar-refractivity contribution >= 4 is 12.0 Å². The standard InChI is InChI=1S/C15H17NO4/c1-3-12(10-16)20-15-11(8-9-14(17)18)6-5-7-13(15)19-4-2/h5-9,12H,3-4H2,1-2H3,(H,17,18). The van der Waals surface area contributed by atoms with Gasteiger partial charge in [-0.1, -0.05) is 19.1 Å². The summed E-state index contributed by atoms with van der Waals surface area (Å²) in [5.41, 5.74) is 0.562. The van der Waals surface area contributed by atoms with Crippen LogP contribution in [0.1, 0.15) is 25.8 Å². The number of rotatable bonds is 7. The monoisotopic (exact) mass is 275 g/mol. The summed E-state index contributed by atoms with van der Waals surface area (Å²) >= 11 is 0. The maximum atomic E-state index is 10.6. The topological polar surface area (TPSA) is 79.6 Å². The van der Waals surface area contributed by atoms with Gasteiger partial charge in [0.2, 0.25) is 0 Å². The van der Waals surface area contributed by atoms with Crippen molar-refractivity contribution in [3.05, 3.63) is 29.8 Å². The molecule has 0 aliphatic heterocycles. The first kappa shape index (κ1) is 15.6. The van der Waals surface area contributed by atoms with Gasteiger partial charge in [-0.05, 0) is 25.5 Å². The third kappa shape index (κ3) is 4.32. The van der Waals surface area contributed by atoms with E-state index >= 15 is 0 Å². The molecule has 1 rings (SSSR count). The van der Waals surface area contributed by atoms with Gasteiger partial charge in [-0.15, -0.1) is 0 Å². The summed E-state index contributed by atoms with van der Waals surface area (Å²) in [6.45, 7) is 4.13. The number of hydrogen-bond acceptors (Lipinski definition) is 4. The molecule has 0 radical (unpaired) electrons. The number of nitrogens with zero attached hydrogens (tertiary/aromatic N) is 1. The second-order valence-corrected chi connectivity index (χ2v) is 3.92. The molecule has 1 aromatic carbocycles. The zero-order chi connectivity index (χ0) is 15.0. The molecule has 0 saturated carbocycles. The van der Waals surface area contributed by atoms with Gasteiger partial charge in [0.15, 0.2) is 17.6 Å². The number of carboxylic acid groups (broad SMARTS) is 1. The average molecular weight is 275 g/mol. The minimum atomic E-state index is -1.05. The number of carbonyl (C=O) groups is 1. The van der Waals surface area contributed by atoms with E-state index in [4.69, 9.17) is 19.8 Å². The second-order valence-electron chi connectivity index (χ2n) is 3.92. The SMILES string of the molecule is CCOc1cccc(C=CC(=O)O)c1OC(C#N)CC. The average Bonchev–Trinajstić information content (AvgIpc) is 2.44. The highest BCUT2D eigenvalue weighted by Gasteiger charge is 2.14. The van der Waals surface area contributed by atoms with Crippen LogP contribution in [-0.2, 0) is 4.79 Å². The summed E-state index contributed by atoms with van der Waals surface area (Å²) in [4.78, 5) is 10.6. The van der Waals surface area contributed by atoms with Crippen LogP contribution in [0, 0.1) is 11.3 Å². The van der Waals surface area contributed by atoms with Gasteiger partial charge in [-0.25, -0.2) is 4.79 Å². The fourth-order valence-corrected chi connectivity index (χ4v) is 1.56. The highest BCUT2D eigenvalue weighted by molar-refractivity contribution is 5.86. The molecule has 106 valence electrons. The molecule has 0 heterocycles. The van der Waals surface area contributed by atoms with Crippen molar-refractivity contribution in [2.75, 3.05) is 6.61 Å². The lowest BCUT2D eigenvalue weighted by molar-refractivity contribution is -0.131. The van der Waals surface area contributed by atoms with Crippen LogP contribution in [0.15, 0.2) is 24.3 Å². The van der Waals surface area contributed by atoms with Crippen molar-refractivity contribution in [2.45, 2.75) is 26.4 Å². The quantitative estimate of drug-likeness (QED) is 0.774. The van der Waals surface area contributed by atoms with Gasteiger partial charge in [0.05, 0.1) is 6.61 Å². The summed E-state index contributed by atoms with van der Waals surface area (Å²) < 4.78 is 11.1. The molecule has 5 nitrogen and oxygen atoms in total. The molecule has 20 heavy (non-hydrogen) atoms. The van der Waals surface area contributed by atoms with Gasteiger partial charge in [-0.2, -0.15) is 5.26 Å². The lowest BCUT2D eigenvalue weighted by atomic mass is 10.1. The van der Waals surface area contributed by atoms with Crippen molar-refractivity contribution in [1.82, 2.24) is 0 Å². The zero-order valence-corrected chi connectivity index (χ0v) is 11.5. The normalized spacial score (nSPS) is 11.8. The number of ether oxygens (including phenoxy) is 2. The van der Waals surface area contributed by atoms with Crippen LogP contribution in [0.4, 0.5) is 0 Å². The Kier molecular flexibility index (Phi) is 6.11. The van der Waals surface area contributed by atoms with E-state index < -0.39 is 12.1 Å². The van der Waals surface area contributed by atoms with E-state index in [0.29, 0.717) is 30.1 Å². The fourth-order valence-electron chi connectivity index (χ4n) is 1.56. The first-order chi connectivity index (χ1) is 9.62. The molecule has 0 aliphatic rings. The van der Waals surface area contributed by atoms with Crippen LogP contribution in [0.3, 0.4) is 0 Å². The molecule has 0 aromatic heterocycles. The van der Waals surface area contributed by atoms with Crippen LogP contribution in [0.5, 0.6) is 11.5 Å². The largest absolute Gasteiger partial charge is 0.490 e. The molecule has 0 fully saturated rings. The number of aliphatic carboxylic acids is 1. The molecule has 0 bridgehead atoms. The Balaban J connectivity index is 3.18. The molecule has 1 aromatic rings. The van der Waals surface area contributed by atoms with Crippen molar-refractivity contribution in [3.63, 3.8) is 0 Å². The number of carboxylic acids is 1. The van der Waals surface area contributed by atoms with Gasteiger partial charge in [-0.3, -0.25) is 0 Å². The zero-order valence-electron chi connectivity index (χ0n) is 11.5. The van der Waals surface area contributed by atoms with E-state index in [1.807, 2.05) is 19.9 Å². The van der Waals surface area contributed by atoms with E-state index in [-0.39, 0.29) is 0 Å². The van der Waals surface area contributed by atoms with Gasteiger partial charge in [0.25, 0.3) is 0 Å². The molecule has 5 heteroatoms. The molecule has 1 unspecified atom stereocenters. The van der Waals surface area contributed by atoms with Crippen molar-refractivity contribution in [3.8, 4) is 17.6 Å². The van der Waals surface area contributed by atoms with Crippen molar-refractivity contribution < 1.29 is 19.4 Å². The van der Waals surface area contributed by atoms with E-state index in [1.165, 1.54) is 6.08 Å². The minimum Gasteiger partial charge on any atom is -0.490 e. The van der Waals surface area contributed by atoms with Crippen molar-refractivity contribution in [1.29, 1.82) is 5.26 Å². The van der Waals surface area contributed by atoms with Gasteiger partial charge in [0.1, 0.15) is 6.07 Å². The molecule has 0 amide bonds. The maximum Gasteiger partial charge on any atom is 0.328 e. The van der Waals surface area contributed by atoms with Crippen LogP contribution in [0.25, 0.3) is 6.08 Å². The molecule has 0 aliphatic carbocycles. The summed E-state index contributed by atoms with van der Waals surface area (Å²) in [6.07, 6.45) is 2.36. The minimum absolute atomic E-state index is 0.389. The third-order valence-electron chi connectivity index (χ3n) is 2.49. The predicted molar refractivity (Wildman–Crippen MR) is 74.6 cm³/mol. The summed E-state index contributed by atoms with van der Waals surface area (Å²) in [7, 11) is 0. The second kappa shape index (κ2) is 7.85. The molecular formula is C15H17NO4. The third-order valence-corrected chi connectivity index (χ3v) is 2.49. The highest BCUT2D eigenvalue weighted by Crippen LogP contribution is 2.33. The van der Waals surface area contributed by atoms with E-state index in [0.717, 1.165) is 6.08 Å². The summed E-state index contributed by atoms with van der Waals surface area (Å²) in [5.74, 6) is -0.168. The molecule has 1 atom stereocenters. The Hall–Kier alpha value is -2.48. The number of benzene rings is 1. The highest BCUT2D eigenvalue weighted by atomic mass is 16.5. The first-order valence-electron chi connectivity index (χ1n) is 6.35. The Morgan fingerprint density at radius 3 is 2.80 bits per heavy atom.